The fourth-order valence-corrected chi connectivity index (χ4v) is 4.28. The van der Waals surface area contributed by atoms with Gasteiger partial charge in [0.1, 0.15) is 4.90 Å². The molecule has 1 fully saturated rings. The van der Waals surface area contributed by atoms with Gasteiger partial charge in [-0.05, 0) is 31.9 Å². The minimum Gasteiger partial charge on any atom is -0.453 e. The van der Waals surface area contributed by atoms with Crippen molar-refractivity contribution >= 4 is 33.5 Å². The van der Waals surface area contributed by atoms with Gasteiger partial charge in [0, 0.05) is 12.6 Å². The minimum atomic E-state index is -3.82. The predicted octanol–water partition coefficient (Wildman–Crippen LogP) is 2.00. The van der Waals surface area contributed by atoms with Crippen molar-refractivity contribution < 1.29 is 22.7 Å². The Labute approximate surface area is 158 Å². The third kappa shape index (κ3) is 5.96. The number of halogens is 1. The molecule has 0 aliphatic heterocycles. The highest BCUT2D eigenvalue weighted by atomic mass is 35.5. The van der Waals surface area contributed by atoms with Gasteiger partial charge in [0.25, 0.3) is 5.91 Å². The van der Waals surface area contributed by atoms with Gasteiger partial charge in [0.15, 0.2) is 6.10 Å². The number of hydrogen-bond acceptors (Lipinski definition) is 5. The Balaban J connectivity index is 1.76. The highest BCUT2D eigenvalue weighted by Crippen LogP contribution is 2.20. The number of sulfonamides is 1. The second-order valence-electron chi connectivity index (χ2n) is 6.20. The monoisotopic (exact) mass is 402 g/mol. The van der Waals surface area contributed by atoms with Gasteiger partial charge in [-0.1, -0.05) is 36.6 Å². The van der Waals surface area contributed by atoms with Crippen molar-refractivity contribution in [3.05, 3.63) is 29.3 Å². The lowest BCUT2D eigenvalue weighted by Gasteiger charge is -2.17. The summed E-state index contributed by atoms with van der Waals surface area (Å²) in [4.78, 5) is 23.7. The van der Waals surface area contributed by atoms with E-state index in [4.69, 9.17) is 16.3 Å². The molecule has 2 N–H and O–H groups in total. The van der Waals surface area contributed by atoms with E-state index in [2.05, 4.69) is 10.0 Å². The maximum absolute atomic E-state index is 12.1. The Morgan fingerprint density at radius 3 is 2.58 bits per heavy atom. The van der Waals surface area contributed by atoms with Crippen molar-refractivity contribution in [1.29, 1.82) is 0 Å². The van der Waals surface area contributed by atoms with Gasteiger partial charge in [-0.25, -0.2) is 13.1 Å². The molecule has 2 rings (SSSR count). The topological polar surface area (TPSA) is 102 Å². The van der Waals surface area contributed by atoms with E-state index in [1.54, 1.807) is 12.1 Å². The van der Waals surface area contributed by atoms with Crippen molar-refractivity contribution in [3.63, 3.8) is 0 Å². The number of benzene rings is 1. The first-order valence-electron chi connectivity index (χ1n) is 8.53. The molecule has 1 saturated carbocycles. The lowest BCUT2D eigenvalue weighted by atomic mass is 10.2. The SMILES string of the molecule is CC(OC(=O)CCNS(=O)(=O)c1ccccc1Cl)C(=O)NC1CCCC1. The van der Waals surface area contributed by atoms with Crippen LogP contribution in [-0.2, 0) is 24.3 Å². The van der Waals surface area contributed by atoms with E-state index < -0.39 is 22.1 Å². The molecule has 0 aromatic heterocycles. The van der Waals surface area contributed by atoms with Gasteiger partial charge >= 0.3 is 5.97 Å². The van der Waals surface area contributed by atoms with Crippen molar-refractivity contribution in [2.75, 3.05) is 6.54 Å². The van der Waals surface area contributed by atoms with Gasteiger partial charge in [-0.3, -0.25) is 9.59 Å². The van der Waals surface area contributed by atoms with Crippen LogP contribution in [0, 0.1) is 0 Å². The molecule has 1 atom stereocenters. The summed E-state index contributed by atoms with van der Waals surface area (Å²) in [5, 5.41) is 2.95. The Kier molecular flexibility index (Phi) is 7.43. The summed E-state index contributed by atoms with van der Waals surface area (Å²) in [6.07, 6.45) is 2.95. The van der Waals surface area contributed by atoms with Gasteiger partial charge < -0.3 is 10.1 Å². The van der Waals surface area contributed by atoms with Crippen molar-refractivity contribution in [2.24, 2.45) is 0 Å². The van der Waals surface area contributed by atoms with Crippen LogP contribution in [0.3, 0.4) is 0 Å². The number of hydrogen-bond donors (Lipinski definition) is 2. The fourth-order valence-electron chi connectivity index (χ4n) is 2.73. The van der Waals surface area contributed by atoms with Crippen LogP contribution in [0.5, 0.6) is 0 Å². The number of rotatable bonds is 8. The Bertz CT molecular complexity index is 747. The van der Waals surface area contributed by atoms with Crippen LogP contribution in [0.15, 0.2) is 29.2 Å². The zero-order valence-corrected chi connectivity index (χ0v) is 16.1. The molecule has 26 heavy (non-hydrogen) atoms. The molecule has 9 heteroatoms. The van der Waals surface area contributed by atoms with Crippen molar-refractivity contribution in [2.45, 2.75) is 56.1 Å². The summed E-state index contributed by atoms with van der Waals surface area (Å²) >= 11 is 5.87. The molecule has 0 heterocycles. The van der Waals surface area contributed by atoms with E-state index in [0.717, 1.165) is 25.7 Å². The lowest BCUT2D eigenvalue weighted by Crippen LogP contribution is -2.41. The van der Waals surface area contributed by atoms with E-state index in [0.29, 0.717) is 0 Å². The van der Waals surface area contributed by atoms with Crippen molar-refractivity contribution in [3.8, 4) is 0 Å². The number of nitrogens with one attached hydrogen (secondary N) is 2. The second-order valence-corrected chi connectivity index (χ2v) is 8.34. The van der Waals surface area contributed by atoms with Crippen LogP contribution in [0.1, 0.15) is 39.0 Å². The summed E-state index contributed by atoms with van der Waals surface area (Å²) in [6, 6.07) is 6.16. The number of esters is 1. The molecule has 0 bridgehead atoms. The normalized spacial score (nSPS) is 16.2. The Hall–Kier alpha value is -1.64. The third-order valence-corrected chi connectivity index (χ3v) is 6.09. The average Bonchev–Trinajstić information content (AvgIpc) is 3.07. The minimum absolute atomic E-state index is 0.0562. The summed E-state index contributed by atoms with van der Waals surface area (Å²) in [5.41, 5.74) is 0. The maximum Gasteiger partial charge on any atom is 0.307 e. The number of carbonyl (C=O) groups excluding carboxylic acids is 2. The molecular formula is C17H23ClN2O5S. The van der Waals surface area contributed by atoms with E-state index in [1.165, 1.54) is 19.1 Å². The second kappa shape index (κ2) is 9.34. The number of carbonyl (C=O) groups is 2. The zero-order chi connectivity index (χ0) is 19.2. The Morgan fingerprint density at radius 2 is 1.92 bits per heavy atom. The molecule has 1 unspecified atom stereocenters. The first kappa shape index (κ1) is 20.7. The van der Waals surface area contributed by atoms with Gasteiger partial charge in [-0.2, -0.15) is 0 Å². The first-order chi connectivity index (χ1) is 12.3. The van der Waals surface area contributed by atoms with E-state index >= 15 is 0 Å². The maximum atomic E-state index is 12.1. The summed E-state index contributed by atoms with van der Waals surface area (Å²) in [5.74, 6) is -0.983. The average molecular weight is 403 g/mol. The molecule has 0 saturated heterocycles. The van der Waals surface area contributed by atoms with Crippen LogP contribution < -0.4 is 10.0 Å². The molecule has 7 nitrogen and oxygen atoms in total. The van der Waals surface area contributed by atoms with Gasteiger partial charge in [0.05, 0.1) is 11.4 Å². The zero-order valence-electron chi connectivity index (χ0n) is 14.5. The van der Waals surface area contributed by atoms with E-state index in [9.17, 15) is 18.0 Å². The van der Waals surface area contributed by atoms with Gasteiger partial charge in [-0.15, -0.1) is 0 Å². The van der Waals surface area contributed by atoms with Crippen LogP contribution in [0.25, 0.3) is 0 Å². The molecule has 0 spiro atoms. The summed E-state index contributed by atoms with van der Waals surface area (Å²) < 4.78 is 31.6. The standard InChI is InChI=1S/C17H23ClN2O5S/c1-12(17(22)20-13-6-2-3-7-13)25-16(21)10-11-19-26(23,24)15-9-5-4-8-14(15)18/h4-5,8-9,12-13,19H,2-3,6-7,10-11H2,1H3,(H,20,22). The molecule has 1 aromatic carbocycles. The van der Waals surface area contributed by atoms with Crippen LogP contribution in [-0.4, -0.2) is 39.0 Å². The van der Waals surface area contributed by atoms with Gasteiger partial charge in [0.2, 0.25) is 10.0 Å². The summed E-state index contributed by atoms with van der Waals surface area (Å²) in [7, 11) is -3.82. The molecule has 144 valence electrons. The molecule has 1 aliphatic carbocycles. The predicted molar refractivity (Wildman–Crippen MR) is 97.2 cm³/mol. The molecular weight excluding hydrogens is 380 g/mol. The Morgan fingerprint density at radius 1 is 1.27 bits per heavy atom. The molecule has 0 radical (unpaired) electrons. The first-order valence-corrected chi connectivity index (χ1v) is 10.4. The van der Waals surface area contributed by atoms with E-state index in [-0.39, 0.29) is 34.8 Å². The number of ether oxygens (including phenoxy) is 1. The van der Waals surface area contributed by atoms with Crippen molar-refractivity contribution in [1.82, 2.24) is 10.0 Å². The van der Waals surface area contributed by atoms with Crippen LogP contribution in [0.2, 0.25) is 5.02 Å². The quantitative estimate of drug-likeness (QED) is 0.647. The lowest BCUT2D eigenvalue weighted by molar-refractivity contribution is -0.154. The van der Waals surface area contributed by atoms with Crippen LogP contribution >= 0.6 is 11.6 Å². The number of amides is 1. The van der Waals surface area contributed by atoms with Crippen LogP contribution in [0.4, 0.5) is 0 Å². The molecule has 1 aromatic rings. The fraction of sp³-hybridized carbons (Fsp3) is 0.529. The molecule has 1 aliphatic rings. The van der Waals surface area contributed by atoms with E-state index in [1.807, 2.05) is 0 Å². The highest BCUT2D eigenvalue weighted by molar-refractivity contribution is 7.89. The smallest absolute Gasteiger partial charge is 0.307 e. The summed E-state index contributed by atoms with van der Waals surface area (Å²) in [6.45, 7) is 1.35. The highest BCUT2D eigenvalue weighted by Gasteiger charge is 2.23. The largest absolute Gasteiger partial charge is 0.453 e. The molecule has 1 amide bonds. The third-order valence-electron chi connectivity index (χ3n) is 4.13.